The summed E-state index contributed by atoms with van der Waals surface area (Å²) in [5, 5.41) is 5.07. The first-order chi connectivity index (χ1) is 8.74. The van der Waals surface area contributed by atoms with Crippen molar-refractivity contribution in [1.82, 2.24) is 4.98 Å². The van der Waals surface area contributed by atoms with E-state index in [-0.39, 0.29) is 0 Å². The van der Waals surface area contributed by atoms with E-state index in [9.17, 15) is 0 Å². The maximum absolute atomic E-state index is 5.92. The number of rotatable bonds is 2. The lowest BCUT2D eigenvalue weighted by molar-refractivity contribution is 1.46. The summed E-state index contributed by atoms with van der Waals surface area (Å²) in [6.07, 6.45) is 1.93. The van der Waals surface area contributed by atoms with E-state index in [0.29, 0.717) is 10.7 Å². The Morgan fingerprint density at radius 1 is 1.06 bits per heavy atom. The quantitative estimate of drug-likeness (QED) is 0.604. The molecule has 4 heteroatoms. The summed E-state index contributed by atoms with van der Waals surface area (Å²) < 4.78 is 0. The molecule has 0 aliphatic heterocycles. The van der Waals surface area contributed by atoms with Crippen LogP contribution in [0.4, 0.5) is 17.1 Å². The molecule has 4 N–H and O–H groups in total. The second-order valence-corrected chi connectivity index (χ2v) is 4.54. The van der Waals surface area contributed by atoms with Crippen molar-refractivity contribution in [2.75, 3.05) is 11.1 Å². The van der Waals surface area contributed by atoms with Gasteiger partial charge in [0.05, 0.1) is 17.1 Å². The van der Waals surface area contributed by atoms with E-state index >= 15 is 0 Å². The Hall–Kier alpha value is -2.13. The van der Waals surface area contributed by atoms with Crippen LogP contribution in [0.1, 0.15) is 0 Å². The second kappa shape index (κ2) is 4.27. The largest absolute Gasteiger partial charge is 0.397 e. The molecule has 0 aliphatic carbocycles. The topological polar surface area (TPSA) is 53.8 Å². The van der Waals surface area contributed by atoms with E-state index in [1.807, 2.05) is 36.5 Å². The molecule has 2 aromatic carbocycles. The highest BCUT2D eigenvalue weighted by molar-refractivity contribution is 6.31. The van der Waals surface area contributed by atoms with Gasteiger partial charge in [-0.15, -0.1) is 0 Å². The molecule has 1 aromatic heterocycles. The highest BCUT2D eigenvalue weighted by Crippen LogP contribution is 2.30. The van der Waals surface area contributed by atoms with Crippen LogP contribution < -0.4 is 11.1 Å². The normalized spacial score (nSPS) is 10.7. The Morgan fingerprint density at radius 2 is 1.89 bits per heavy atom. The third-order valence-corrected chi connectivity index (χ3v) is 3.11. The Balaban J connectivity index is 2.01. The van der Waals surface area contributed by atoms with E-state index in [1.165, 1.54) is 0 Å². The zero-order valence-electron chi connectivity index (χ0n) is 9.57. The number of para-hydroxylation sites is 1. The predicted molar refractivity (Wildman–Crippen MR) is 77.4 cm³/mol. The summed E-state index contributed by atoms with van der Waals surface area (Å²) in [5.41, 5.74) is 9.50. The molecule has 90 valence electrons. The number of H-pyrrole nitrogens is 1. The first-order valence-corrected chi connectivity index (χ1v) is 6.00. The fourth-order valence-electron chi connectivity index (χ4n) is 1.97. The van der Waals surface area contributed by atoms with Crippen LogP contribution in [0.25, 0.3) is 10.9 Å². The number of hydrogen-bond donors (Lipinski definition) is 3. The van der Waals surface area contributed by atoms with Gasteiger partial charge in [0.15, 0.2) is 0 Å². The average molecular weight is 258 g/mol. The molecule has 18 heavy (non-hydrogen) atoms. The molecular formula is C14H12ClN3. The van der Waals surface area contributed by atoms with Crippen LogP contribution in [0.15, 0.2) is 48.7 Å². The van der Waals surface area contributed by atoms with Crippen molar-refractivity contribution < 1.29 is 0 Å². The third-order valence-electron chi connectivity index (χ3n) is 2.87. The van der Waals surface area contributed by atoms with E-state index in [4.69, 9.17) is 17.3 Å². The number of anilines is 3. The molecule has 0 saturated carbocycles. The summed E-state index contributed by atoms with van der Waals surface area (Å²) in [5.74, 6) is 0. The van der Waals surface area contributed by atoms with Crippen LogP contribution in [0.5, 0.6) is 0 Å². The highest BCUT2D eigenvalue weighted by Gasteiger charge is 2.05. The van der Waals surface area contributed by atoms with Gasteiger partial charge in [0.25, 0.3) is 0 Å². The Labute approximate surface area is 110 Å². The maximum Gasteiger partial charge on any atom is 0.0642 e. The summed E-state index contributed by atoms with van der Waals surface area (Å²) in [7, 11) is 0. The van der Waals surface area contributed by atoms with E-state index in [1.54, 1.807) is 6.07 Å². The lowest BCUT2D eigenvalue weighted by Crippen LogP contribution is -1.95. The van der Waals surface area contributed by atoms with Crippen molar-refractivity contribution in [2.24, 2.45) is 0 Å². The standard InChI is InChI=1S/C14H12ClN3/c15-9-5-6-13(11(16)7-9)18-14-8-17-12-4-2-1-3-10(12)14/h1-8,17-18H,16H2. The number of fused-ring (bicyclic) bond motifs is 1. The molecule has 3 aromatic rings. The zero-order valence-corrected chi connectivity index (χ0v) is 10.3. The van der Waals surface area contributed by atoms with Gasteiger partial charge in [-0.25, -0.2) is 0 Å². The molecule has 0 radical (unpaired) electrons. The fourth-order valence-corrected chi connectivity index (χ4v) is 2.15. The molecule has 3 rings (SSSR count). The summed E-state index contributed by atoms with van der Waals surface area (Å²) in [4.78, 5) is 3.21. The Morgan fingerprint density at radius 3 is 2.72 bits per heavy atom. The number of benzene rings is 2. The van der Waals surface area contributed by atoms with Crippen molar-refractivity contribution in [3.8, 4) is 0 Å². The van der Waals surface area contributed by atoms with Crippen LogP contribution in [0, 0.1) is 0 Å². The third kappa shape index (κ3) is 1.89. The first kappa shape index (κ1) is 11.0. The number of halogens is 1. The Bertz CT molecular complexity index is 703. The van der Waals surface area contributed by atoms with E-state index < -0.39 is 0 Å². The smallest absolute Gasteiger partial charge is 0.0642 e. The van der Waals surface area contributed by atoms with Gasteiger partial charge in [-0.2, -0.15) is 0 Å². The molecule has 0 unspecified atom stereocenters. The average Bonchev–Trinajstić information content (AvgIpc) is 2.76. The van der Waals surface area contributed by atoms with Gasteiger partial charge < -0.3 is 16.0 Å². The number of nitrogen functional groups attached to an aromatic ring is 1. The summed E-state index contributed by atoms with van der Waals surface area (Å²) in [6, 6.07) is 13.5. The van der Waals surface area contributed by atoms with Gasteiger partial charge in [-0.3, -0.25) is 0 Å². The molecule has 0 amide bonds. The maximum atomic E-state index is 5.92. The molecule has 1 heterocycles. The fraction of sp³-hybridized carbons (Fsp3) is 0. The van der Waals surface area contributed by atoms with Gasteiger partial charge in [0.2, 0.25) is 0 Å². The zero-order chi connectivity index (χ0) is 12.5. The van der Waals surface area contributed by atoms with Crippen LogP contribution in [0.2, 0.25) is 5.02 Å². The van der Waals surface area contributed by atoms with Crippen LogP contribution >= 0.6 is 11.6 Å². The number of nitrogens with two attached hydrogens (primary N) is 1. The molecule has 0 bridgehead atoms. The van der Waals surface area contributed by atoms with Gasteiger partial charge >= 0.3 is 0 Å². The molecule has 0 saturated heterocycles. The van der Waals surface area contributed by atoms with Gasteiger partial charge in [0, 0.05) is 22.1 Å². The van der Waals surface area contributed by atoms with Gasteiger partial charge in [-0.05, 0) is 24.3 Å². The van der Waals surface area contributed by atoms with Crippen LogP contribution in [-0.4, -0.2) is 4.98 Å². The lowest BCUT2D eigenvalue weighted by atomic mass is 10.2. The molecule has 0 spiro atoms. The van der Waals surface area contributed by atoms with Gasteiger partial charge in [0.1, 0.15) is 0 Å². The van der Waals surface area contributed by atoms with Crippen LogP contribution in [0.3, 0.4) is 0 Å². The van der Waals surface area contributed by atoms with Gasteiger partial charge in [-0.1, -0.05) is 29.8 Å². The minimum absolute atomic E-state index is 0.632. The lowest BCUT2D eigenvalue weighted by Gasteiger charge is -2.08. The van der Waals surface area contributed by atoms with Crippen molar-refractivity contribution in [2.45, 2.75) is 0 Å². The minimum atomic E-state index is 0.632. The van der Waals surface area contributed by atoms with Crippen LogP contribution in [-0.2, 0) is 0 Å². The predicted octanol–water partition coefficient (Wildman–Crippen LogP) is 4.15. The molecule has 0 atom stereocenters. The monoisotopic (exact) mass is 257 g/mol. The number of aromatic amines is 1. The van der Waals surface area contributed by atoms with E-state index in [2.05, 4.69) is 16.4 Å². The first-order valence-electron chi connectivity index (χ1n) is 5.62. The number of hydrogen-bond acceptors (Lipinski definition) is 2. The molecule has 0 fully saturated rings. The summed E-state index contributed by atoms with van der Waals surface area (Å²) in [6.45, 7) is 0. The van der Waals surface area contributed by atoms with E-state index in [0.717, 1.165) is 22.3 Å². The van der Waals surface area contributed by atoms with Crippen molar-refractivity contribution in [3.63, 3.8) is 0 Å². The van der Waals surface area contributed by atoms with Crippen molar-refractivity contribution in [1.29, 1.82) is 0 Å². The van der Waals surface area contributed by atoms with Crippen molar-refractivity contribution >= 4 is 39.6 Å². The highest BCUT2D eigenvalue weighted by atomic mass is 35.5. The molecule has 3 nitrogen and oxygen atoms in total. The SMILES string of the molecule is Nc1cc(Cl)ccc1Nc1c[nH]c2ccccc12. The second-order valence-electron chi connectivity index (χ2n) is 4.10. The molecule has 0 aliphatic rings. The molecular weight excluding hydrogens is 246 g/mol. The van der Waals surface area contributed by atoms with Crippen molar-refractivity contribution in [3.05, 3.63) is 53.7 Å². The minimum Gasteiger partial charge on any atom is -0.397 e. The summed E-state index contributed by atoms with van der Waals surface area (Å²) >= 11 is 5.88. The number of nitrogens with one attached hydrogen (secondary N) is 2. The number of aromatic nitrogens is 1. The Kier molecular flexibility index (Phi) is 2.61.